The largest absolute Gasteiger partial charge is 0.508 e. The average molecular weight is 576 g/mol. The first kappa shape index (κ1) is 29.2. The van der Waals surface area contributed by atoms with Crippen LogP contribution in [-0.2, 0) is 33.8 Å². The standard InChI is InChI=1S/C29H35F2N3O7/c1-4-13-9-15(12-34-7-5-28(30,31)6-8-34)22(35)19-16(13)10-14-11-17-21(33(2)3)24(37)20(27(32)40)26(39)29(17,41)25(38)18(14)23(19)36/h9,14,17,21,35-36,39,41H,4-8,10-12H2,1-3H3,(H2,32,40)/t14-,17-,21+,29-/m0/s1. The van der Waals surface area contributed by atoms with Gasteiger partial charge in [-0.3, -0.25) is 24.2 Å². The molecule has 1 saturated carbocycles. The Morgan fingerprint density at radius 2 is 1.78 bits per heavy atom. The van der Waals surface area contributed by atoms with Gasteiger partial charge < -0.3 is 26.2 Å². The van der Waals surface area contributed by atoms with Crippen LogP contribution >= 0.6 is 0 Å². The maximum absolute atomic E-state index is 14.0. The Morgan fingerprint density at radius 3 is 2.34 bits per heavy atom. The summed E-state index contributed by atoms with van der Waals surface area (Å²) in [6, 6.07) is 0.645. The fraction of sp³-hybridized carbons (Fsp3) is 0.552. The molecule has 2 fully saturated rings. The molecule has 3 aliphatic carbocycles. The molecule has 1 saturated heterocycles. The van der Waals surface area contributed by atoms with E-state index in [1.165, 1.54) is 4.90 Å². The number of likely N-dealkylation sites (tertiary alicyclic amines) is 1. The SMILES string of the molecule is CCc1cc(CN2CCC(F)(F)CC2)c(O)c2c1C[C@H]1C[C@H]3[C@@H](N(C)C)C(=O)C(C(N)=O)=C(O)[C@@]3(O)C(=O)C1=C2O. The Morgan fingerprint density at radius 1 is 1.15 bits per heavy atom. The van der Waals surface area contributed by atoms with Crippen molar-refractivity contribution in [2.45, 2.75) is 63.1 Å². The number of halogens is 2. The van der Waals surface area contributed by atoms with Gasteiger partial charge in [0.2, 0.25) is 5.78 Å². The van der Waals surface area contributed by atoms with Crippen LogP contribution in [-0.4, -0.2) is 92.4 Å². The van der Waals surface area contributed by atoms with Crippen LogP contribution < -0.4 is 5.73 Å². The van der Waals surface area contributed by atoms with Crippen LogP contribution in [0.1, 0.15) is 48.4 Å². The van der Waals surface area contributed by atoms with Crippen molar-refractivity contribution in [1.29, 1.82) is 0 Å². The Bertz CT molecular complexity index is 1410. The van der Waals surface area contributed by atoms with Gasteiger partial charge in [-0.05, 0) is 50.4 Å². The number of piperidine rings is 1. The summed E-state index contributed by atoms with van der Waals surface area (Å²) in [6.45, 7) is 2.32. The number of primary amides is 1. The predicted octanol–water partition coefficient (Wildman–Crippen LogP) is 1.76. The van der Waals surface area contributed by atoms with E-state index in [9.17, 15) is 43.6 Å². The zero-order chi connectivity index (χ0) is 30.2. The number of benzene rings is 1. The van der Waals surface area contributed by atoms with Gasteiger partial charge in [-0.15, -0.1) is 0 Å². The van der Waals surface area contributed by atoms with Crippen molar-refractivity contribution in [2.24, 2.45) is 17.6 Å². The fourth-order valence-corrected chi connectivity index (χ4v) is 7.17. The number of fused-ring (bicyclic) bond motifs is 3. The van der Waals surface area contributed by atoms with E-state index in [1.807, 2.05) is 6.92 Å². The lowest BCUT2D eigenvalue weighted by molar-refractivity contribution is -0.153. The first-order valence-electron chi connectivity index (χ1n) is 13.8. The van der Waals surface area contributed by atoms with Crippen LogP contribution in [0.4, 0.5) is 8.78 Å². The maximum Gasteiger partial charge on any atom is 0.255 e. The molecule has 0 bridgehead atoms. The summed E-state index contributed by atoms with van der Waals surface area (Å²) in [5.41, 5.74) is 3.43. The summed E-state index contributed by atoms with van der Waals surface area (Å²) in [7, 11) is 3.09. The van der Waals surface area contributed by atoms with Crippen LogP contribution in [0.15, 0.2) is 23.0 Å². The zero-order valence-corrected chi connectivity index (χ0v) is 23.2. The van der Waals surface area contributed by atoms with Crippen LogP contribution in [0.25, 0.3) is 5.76 Å². The third kappa shape index (κ3) is 4.34. The third-order valence-corrected chi connectivity index (χ3v) is 9.25. The van der Waals surface area contributed by atoms with E-state index >= 15 is 0 Å². The monoisotopic (exact) mass is 575 g/mol. The molecule has 12 heteroatoms. The number of nitrogens with two attached hydrogens (primary N) is 1. The van der Waals surface area contributed by atoms with E-state index in [-0.39, 0.29) is 62.2 Å². The van der Waals surface area contributed by atoms with Gasteiger partial charge in [0, 0.05) is 49.5 Å². The van der Waals surface area contributed by atoms with Crippen molar-refractivity contribution < 1.29 is 43.6 Å². The summed E-state index contributed by atoms with van der Waals surface area (Å²) in [4.78, 5) is 42.6. The first-order chi connectivity index (χ1) is 19.1. The molecule has 6 N–H and O–H groups in total. The van der Waals surface area contributed by atoms with E-state index in [0.29, 0.717) is 17.5 Å². The van der Waals surface area contributed by atoms with Gasteiger partial charge in [-0.1, -0.05) is 13.0 Å². The number of nitrogens with zero attached hydrogens (tertiary/aromatic N) is 2. The summed E-state index contributed by atoms with van der Waals surface area (Å²) in [5.74, 6) is -9.68. The van der Waals surface area contributed by atoms with Gasteiger partial charge in [0.25, 0.3) is 11.8 Å². The van der Waals surface area contributed by atoms with E-state index in [0.717, 1.165) is 5.56 Å². The number of aliphatic hydroxyl groups excluding tert-OH is 2. The first-order valence-corrected chi connectivity index (χ1v) is 13.8. The second-order valence-corrected chi connectivity index (χ2v) is 11.8. The van der Waals surface area contributed by atoms with Crippen molar-refractivity contribution in [3.05, 3.63) is 45.2 Å². The lowest BCUT2D eigenvalue weighted by atomic mass is 9.57. The van der Waals surface area contributed by atoms with E-state index < -0.39 is 64.0 Å². The molecular formula is C29H35F2N3O7. The van der Waals surface area contributed by atoms with E-state index in [4.69, 9.17) is 5.73 Å². The number of phenols is 1. The smallest absolute Gasteiger partial charge is 0.255 e. The second kappa shape index (κ2) is 9.88. The number of carbonyl (C=O) groups is 3. The van der Waals surface area contributed by atoms with Gasteiger partial charge in [0.1, 0.15) is 22.8 Å². The number of Topliss-reactive ketones (excluding diaryl/α,β-unsaturated/α-hetero) is 2. The predicted molar refractivity (Wildman–Crippen MR) is 143 cm³/mol. The Kier molecular flexibility index (Phi) is 7.03. The van der Waals surface area contributed by atoms with Crippen LogP contribution in [0.5, 0.6) is 5.75 Å². The highest BCUT2D eigenvalue weighted by Crippen LogP contribution is 2.53. The molecular weight excluding hydrogens is 540 g/mol. The number of aliphatic hydroxyl groups is 3. The number of hydrogen-bond acceptors (Lipinski definition) is 9. The molecule has 0 radical (unpaired) electrons. The maximum atomic E-state index is 14.0. The topological polar surface area (TPSA) is 165 Å². The van der Waals surface area contributed by atoms with Crippen molar-refractivity contribution in [3.63, 3.8) is 0 Å². The van der Waals surface area contributed by atoms with Gasteiger partial charge in [0.15, 0.2) is 11.4 Å². The number of ketones is 2. The average Bonchev–Trinajstić information content (AvgIpc) is 2.88. The number of aryl methyl sites for hydroxylation is 1. The Hall–Kier alpha value is -3.35. The lowest BCUT2D eigenvalue weighted by Crippen LogP contribution is -2.65. The third-order valence-electron chi connectivity index (χ3n) is 9.25. The van der Waals surface area contributed by atoms with Crippen molar-refractivity contribution in [3.8, 4) is 5.75 Å². The van der Waals surface area contributed by atoms with Crippen molar-refractivity contribution in [2.75, 3.05) is 27.2 Å². The van der Waals surface area contributed by atoms with Crippen LogP contribution in [0.2, 0.25) is 0 Å². The van der Waals surface area contributed by atoms with Gasteiger partial charge in [-0.25, -0.2) is 8.78 Å². The highest BCUT2D eigenvalue weighted by Gasteiger charge is 2.64. The van der Waals surface area contributed by atoms with Gasteiger partial charge in [-0.2, -0.15) is 0 Å². The number of phenolic OH excluding ortho intramolecular Hbond substituents is 1. The normalized spacial score (nSPS) is 29.9. The van der Waals surface area contributed by atoms with Gasteiger partial charge in [0.05, 0.1) is 11.6 Å². The number of amides is 1. The number of hydrogen-bond donors (Lipinski definition) is 5. The molecule has 1 amide bonds. The van der Waals surface area contributed by atoms with Crippen molar-refractivity contribution in [1.82, 2.24) is 9.80 Å². The number of carbonyl (C=O) groups excluding carboxylic acids is 3. The second-order valence-electron chi connectivity index (χ2n) is 11.8. The Balaban J connectivity index is 1.63. The summed E-state index contributed by atoms with van der Waals surface area (Å²) >= 11 is 0. The summed E-state index contributed by atoms with van der Waals surface area (Å²) in [6.07, 6.45) is 0.145. The fourth-order valence-electron chi connectivity index (χ4n) is 7.17. The molecule has 10 nitrogen and oxygen atoms in total. The van der Waals surface area contributed by atoms with Gasteiger partial charge >= 0.3 is 0 Å². The quantitative estimate of drug-likeness (QED) is 0.329. The Labute approximate surface area is 235 Å². The van der Waals surface area contributed by atoms with Crippen LogP contribution in [0.3, 0.4) is 0 Å². The highest BCUT2D eigenvalue weighted by molar-refractivity contribution is 6.24. The lowest BCUT2D eigenvalue weighted by Gasteiger charge is -2.50. The molecule has 4 aliphatic rings. The molecule has 41 heavy (non-hydrogen) atoms. The highest BCUT2D eigenvalue weighted by atomic mass is 19.3. The van der Waals surface area contributed by atoms with E-state index in [2.05, 4.69) is 0 Å². The molecule has 222 valence electrons. The van der Waals surface area contributed by atoms with E-state index in [1.54, 1.807) is 25.1 Å². The van der Waals surface area contributed by atoms with Crippen molar-refractivity contribution >= 4 is 23.2 Å². The summed E-state index contributed by atoms with van der Waals surface area (Å²) < 4.78 is 27.4. The molecule has 0 unspecified atom stereocenters. The minimum absolute atomic E-state index is 0.0133. The zero-order valence-electron chi connectivity index (χ0n) is 23.2. The summed E-state index contributed by atoms with van der Waals surface area (Å²) in [5, 5.41) is 45.6. The molecule has 1 heterocycles. The molecule has 4 atom stereocenters. The minimum Gasteiger partial charge on any atom is -0.508 e. The molecule has 0 aromatic heterocycles. The molecule has 5 rings (SSSR count). The molecule has 1 aliphatic heterocycles. The number of alkyl halides is 2. The molecule has 0 spiro atoms. The number of likely N-dealkylation sites (N-methyl/N-ethyl adjacent to an activating group) is 1. The molecule has 1 aromatic carbocycles. The molecule has 1 aromatic rings. The number of rotatable bonds is 5. The number of aromatic hydroxyl groups is 1. The van der Waals surface area contributed by atoms with Crippen LogP contribution in [0, 0.1) is 11.8 Å². The minimum atomic E-state index is -2.73.